The van der Waals surface area contributed by atoms with E-state index >= 15 is 0 Å². The molecule has 0 atom stereocenters. The van der Waals surface area contributed by atoms with Crippen LogP contribution in [0, 0.1) is 22.9 Å². The summed E-state index contributed by atoms with van der Waals surface area (Å²) in [6.45, 7) is 1.80. The normalized spacial score (nSPS) is 10.4. The number of aryl methyl sites for hydroxylation is 1. The second-order valence-corrected chi connectivity index (χ2v) is 6.14. The smallest absolute Gasteiger partial charge is 0.332 e. The highest BCUT2D eigenvalue weighted by molar-refractivity contribution is 9.10. The molecule has 0 bridgehead atoms. The highest BCUT2D eigenvalue weighted by Crippen LogP contribution is 2.34. The lowest BCUT2D eigenvalue weighted by molar-refractivity contribution is -0.383. The zero-order valence-electron chi connectivity index (χ0n) is 13.4. The van der Waals surface area contributed by atoms with E-state index in [1.165, 1.54) is 12.1 Å². The van der Waals surface area contributed by atoms with Crippen molar-refractivity contribution in [3.05, 3.63) is 68.8 Å². The van der Waals surface area contributed by atoms with Crippen LogP contribution in [0.15, 0.2) is 47.3 Å². The van der Waals surface area contributed by atoms with Crippen LogP contribution in [-0.2, 0) is 0 Å². The van der Waals surface area contributed by atoms with Crippen LogP contribution in [0.4, 0.5) is 33.2 Å². The first-order chi connectivity index (χ1) is 12.5. The zero-order valence-corrected chi connectivity index (χ0v) is 15.0. The monoisotopic (exact) mass is 418 g/mol. The molecular weight excluding hydrogens is 407 g/mol. The van der Waals surface area contributed by atoms with E-state index in [0.29, 0.717) is 10.3 Å². The van der Waals surface area contributed by atoms with Crippen molar-refractivity contribution in [2.24, 2.45) is 0 Å². The van der Waals surface area contributed by atoms with Crippen molar-refractivity contribution < 1.29 is 9.31 Å². The summed E-state index contributed by atoms with van der Waals surface area (Å²) in [5, 5.41) is 17.0. The number of nitro groups is 1. The number of rotatable bonds is 5. The number of hydrogen-bond acceptors (Lipinski definition) is 7. The average Bonchev–Trinajstić information content (AvgIpc) is 2.59. The van der Waals surface area contributed by atoms with Crippen LogP contribution in [0.5, 0.6) is 0 Å². The number of anilines is 4. The first-order valence-electron chi connectivity index (χ1n) is 7.36. The Morgan fingerprint density at radius 2 is 1.85 bits per heavy atom. The van der Waals surface area contributed by atoms with E-state index in [0.717, 1.165) is 11.9 Å². The molecular formula is C16H12BrFN6O2. The summed E-state index contributed by atoms with van der Waals surface area (Å²) in [5.41, 5.74) is 0.420. The molecule has 0 fully saturated rings. The van der Waals surface area contributed by atoms with E-state index in [9.17, 15) is 14.5 Å². The van der Waals surface area contributed by atoms with E-state index in [-0.39, 0.29) is 17.3 Å². The molecule has 0 radical (unpaired) electrons. The Hall–Kier alpha value is -3.14. The van der Waals surface area contributed by atoms with Gasteiger partial charge in [0.1, 0.15) is 18.0 Å². The van der Waals surface area contributed by atoms with Crippen molar-refractivity contribution in [1.29, 1.82) is 0 Å². The van der Waals surface area contributed by atoms with Gasteiger partial charge in [0.25, 0.3) is 0 Å². The van der Waals surface area contributed by atoms with E-state index < -0.39 is 16.4 Å². The van der Waals surface area contributed by atoms with E-state index in [2.05, 4.69) is 41.5 Å². The van der Waals surface area contributed by atoms with Crippen LogP contribution in [0.1, 0.15) is 5.56 Å². The molecule has 0 spiro atoms. The van der Waals surface area contributed by atoms with Gasteiger partial charge in [0.2, 0.25) is 11.6 Å². The lowest BCUT2D eigenvalue weighted by atomic mass is 10.3. The van der Waals surface area contributed by atoms with Crippen molar-refractivity contribution in [2.45, 2.75) is 6.92 Å². The molecule has 8 nitrogen and oxygen atoms in total. The molecule has 2 N–H and O–H groups in total. The molecule has 132 valence electrons. The Kier molecular flexibility index (Phi) is 5.03. The van der Waals surface area contributed by atoms with Gasteiger partial charge in [-0.1, -0.05) is 22.0 Å². The Labute approximate surface area is 155 Å². The summed E-state index contributed by atoms with van der Waals surface area (Å²) in [4.78, 5) is 22.9. The van der Waals surface area contributed by atoms with Crippen LogP contribution < -0.4 is 10.6 Å². The first kappa shape index (κ1) is 17.7. The predicted molar refractivity (Wildman–Crippen MR) is 98.3 cm³/mol. The maximum absolute atomic E-state index is 14.0. The molecule has 0 amide bonds. The standard InChI is InChI=1S/C16H12BrFN6O2/c1-9-3-2-6-19-14(9)23-16-13(24(25)26)15(20-8-21-16)22-12-5-4-10(17)7-11(12)18/h2-8H,1H3,(H2,19,20,21,22,23). The molecule has 0 aliphatic carbocycles. The van der Waals surface area contributed by atoms with Crippen LogP contribution in [0.25, 0.3) is 0 Å². The number of pyridine rings is 1. The molecule has 1 aromatic carbocycles. The summed E-state index contributed by atoms with van der Waals surface area (Å²) in [7, 11) is 0. The number of nitrogens with one attached hydrogen (secondary N) is 2. The van der Waals surface area contributed by atoms with Crippen molar-refractivity contribution in [1.82, 2.24) is 15.0 Å². The molecule has 2 aromatic heterocycles. The maximum atomic E-state index is 14.0. The topological polar surface area (TPSA) is 106 Å². The fourth-order valence-electron chi connectivity index (χ4n) is 2.18. The summed E-state index contributed by atoms with van der Waals surface area (Å²) >= 11 is 3.16. The van der Waals surface area contributed by atoms with Crippen molar-refractivity contribution in [2.75, 3.05) is 10.6 Å². The maximum Gasteiger partial charge on any atom is 0.353 e. The van der Waals surface area contributed by atoms with Crippen LogP contribution in [-0.4, -0.2) is 19.9 Å². The SMILES string of the molecule is Cc1cccnc1Nc1ncnc(Nc2ccc(Br)cc2F)c1[N+](=O)[O-]. The van der Waals surface area contributed by atoms with Gasteiger partial charge in [0.05, 0.1) is 10.6 Å². The molecule has 0 saturated heterocycles. The third-order valence-corrected chi connectivity index (χ3v) is 3.93. The fourth-order valence-corrected chi connectivity index (χ4v) is 2.51. The number of aromatic nitrogens is 3. The van der Waals surface area contributed by atoms with Gasteiger partial charge in [-0.15, -0.1) is 0 Å². The molecule has 0 unspecified atom stereocenters. The van der Waals surface area contributed by atoms with Crippen LogP contribution in [0.2, 0.25) is 0 Å². The lowest BCUT2D eigenvalue weighted by Crippen LogP contribution is -2.07. The van der Waals surface area contributed by atoms with E-state index in [1.54, 1.807) is 31.3 Å². The number of nitrogens with zero attached hydrogens (tertiary/aromatic N) is 4. The molecule has 10 heteroatoms. The zero-order chi connectivity index (χ0) is 18.7. The summed E-state index contributed by atoms with van der Waals surface area (Å²) in [6.07, 6.45) is 2.70. The van der Waals surface area contributed by atoms with Gasteiger partial charge in [0.15, 0.2) is 0 Å². The van der Waals surface area contributed by atoms with Gasteiger partial charge in [-0.2, -0.15) is 0 Å². The Bertz CT molecular complexity index is 985. The second kappa shape index (κ2) is 7.40. The van der Waals surface area contributed by atoms with Gasteiger partial charge in [0, 0.05) is 10.7 Å². The minimum atomic E-state index is -0.639. The summed E-state index contributed by atoms with van der Waals surface area (Å²) in [5.74, 6) is -0.341. The Morgan fingerprint density at radius 1 is 1.12 bits per heavy atom. The number of halogens is 2. The molecule has 26 heavy (non-hydrogen) atoms. The van der Waals surface area contributed by atoms with E-state index in [1.807, 2.05) is 0 Å². The Balaban J connectivity index is 2.01. The van der Waals surface area contributed by atoms with Crippen molar-refractivity contribution in [3.63, 3.8) is 0 Å². The average molecular weight is 419 g/mol. The van der Waals surface area contributed by atoms with Crippen molar-refractivity contribution >= 4 is 44.8 Å². The molecule has 3 rings (SSSR count). The number of hydrogen-bond donors (Lipinski definition) is 2. The number of benzene rings is 1. The predicted octanol–water partition coefficient (Wildman–Crippen LogP) is 4.48. The largest absolute Gasteiger partial charge is 0.353 e. The lowest BCUT2D eigenvalue weighted by Gasteiger charge is -2.11. The van der Waals surface area contributed by atoms with Crippen LogP contribution in [0.3, 0.4) is 0 Å². The second-order valence-electron chi connectivity index (χ2n) is 5.22. The van der Waals surface area contributed by atoms with Gasteiger partial charge < -0.3 is 10.6 Å². The van der Waals surface area contributed by atoms with Gasteiger partial charge in [-0.25, -0.2) is 19.3 Å². The van der Waals surface area contributed by atoms with Gasteiger partial charge in [-0.3, -0.25) is 10.1 Å². The molecule has 0 aliphatic heterocycles. The van der Waals surface area contributed by atoms with Gasteiger partial charge >= 0.3 is 5.69 Å². The third-order valence-electron chi connectivity index (χ3n) is 3.44. The highest BCUT2D eigenvalue weighted by Gasteiger charge is 2.24. The first-order valence-corrected chi connectivity index (χ1v) is 8.15. The third kappa shape index (κ3) is 3.75. The van der Waals surface area contributed by atoms with Gasteiger partial charge in [-0.05, 0) is 36.8 Å². The Morgan fingerprint density at radius 3 is 2.50 bits per heavy atom. The summed E-state index contributed by atoms with van der Waals surface area (Å²) in [6, 6.07) is 7.85. The minimum Gasteiger partial charge on any atom is -0.332 e. The molecule has 0 aliphatic rings. The van der Waals surface area contributed by atoms with Crippen molar-refractivity contribution in [3.8, 4) is 0 Å². The highest BCUT2D eigenvalue weighted by atomic mass is 79.9. The summed E-state index contributed by atoms with van der Waals surface area (Å²) < 4.78 is 14.6. The molecule has 2 heterocycles. The molecule has 0 saturated carbocycles. The fraction of sp³-hybridized carbons (Fsp3) is 0.0625. The van der Waals surface area contributed by atoms with E-state index in [4.69, 9.17) is 0 Å². The minimum absolute atomic E-state index is 0.0492. The van der Waals surface area contributed by atoms with Crippen LogP contribution >= 0.6 is 15.9 Å². The quantitative estimate of drug-likeness (QED) is 0.464. The molecule has 3 aromatic rings.